The van der Waals surface area contributed by atoms with Gasteiger partial charge in [0.25, 0.3) is 0 Å². The molecule has 2 heterocycles. The summed E-state index contributed by atoms with van der Waals surface area (Å²) in [7, 11) is 0. The highest BCUT2D eigenvalue weighted by molar-refractivity contribution is 5.16. The molecule has 2 aliphatic carbocycles. The summed E-state index contributed by atoms with van der Waals surface area (Å²) in [6.45, 7) is 0. The van der Waals surface area contributed by atoms with Crippen LogP contribution < -0.4 is 5.73 Å². The molecule has 0 aromatic heterocycles. The van der Waals surface area contributed by atoms with E-state index < -0.39 is 0 Å². The van der Waals surface area contributed by atoms with E-state index in [1.165, 1.54) is 38.5 Å². The van der Waals surface area contributed by atoms with Crippen molar-refractivity contribution in [3.63, 3.8) is 0 Å². The van der Waals surface area contributed by atoms with E-state index in [1.807, 2.05) is 0 Å². The summed E-state index contributed by atoms with van der Waals surface area (Å²) in [5.74, 6) is 1.75. The first-order chi connectivity index (χ1) is 6.80. The molecule has 2 saturated heterocycles. The standard InChI is InChI=1S/C12H19NO/c13-11-7-1-2-8(5-7)12(11)6-9-3-4-10(12)14-9/h7-11H,1-6,13H2/t7-,8+,9?,10-,11+,12?/m0/s1. The lowest BCUT2D eigenvalue weighted by atomic mass is 9.62. The molecule has 4 bridgehead atoms. The summed E-state index contributed by atoms with van der Waals surface area (Å²) in [6.07, 6.45) is 9.24. The zero-order valence-electron chi connectivity index (χ0n) is 8.61. The highest BCUT2D eigenvalue weighted by Crippen LogP contribution is 2.65. The Bertz CT molecular complexity index is 268. The maximum Gasteiger partial charge on any atom is 0.0654 e. The predicted molar refractivity (Wildman–Crippen MR) is 53.8 cm³/mol. The molecule has 2 N–H and O–H groups in total. The third-order valence-corrected chi connectivity index (χ3v) is 5.65. The molecule has 0 radical (unpaired) electrons. The number of rotatable bonds is 0. The van der Waals surface area contributed by atoms with Crippen LogP contribution in [0.1, 0.15) is 38.5 Å². The van der Waals surface area contributed by atoms with Crippen molar-refractivity contribution in [1.29, 1.82) is 0 Å². The monoisotopic (exact) mass is 193 g/mol. The van der Waals surface area contributed by atoms with Crippen molar-refractivity contribution >= 4 is 0 Å². The Morgan fingerprint density at radius 1 is 1.14 bits per heavy atom. The van der Waals surface area contributed by atoms with Gasteiger partial charge in [0, 0.05) is 11.5 Å². The molecule has 2 heteroatoms. The molecule has 2 saturated carbocycles. The second kappa shape index (κ2) is 2.35. The van der Waals surface area contributed by atoms with Gasteiger partial charge in [0.05, 0.1) is 12.2 Å². The van der Waals surface area contributed by atoms with Gasteiger partial charge in [0.2, 0.25) is 0 Å². The minimum atomic E-state index is 0.436. The first kappa shape index (κ1) is 8.12. The Morgan fingerprint density at radius 3 is 2.64 bits per heavy atom. The molecule has 0 aromatic carbocycles. The molecule has 4 rings (SSSR count). The molecule has 78 valence electrons. The van der Waals surface area contributed by atoms with Crippen molar-refractivity contribution in [3.8, 4) is 0 Å². The molecule has 0 aromatic rings. The van der Waals surface area contributed by atoms with Crippen LogP contribution in [-0.2, 0) is 4.74 Å². The molecule has 14 heavy (non-hydrogen) atoms. The summed E-state index contributed by atoms with van der Waals surface area (Å²) >= 11 is 0. The lowest BCUT2D eigenvalue weighted by Gasteiger charge is -2.43. The van der Waals surface area contributed by atoms with E-state index in [-0.39, 0.29) is 0 Å². The largest absolute Gasteiger partial charge is 0.374 e. The van der Waals surface area contributed by atoms with Crippen LogP contribution in [0.2, 0.25) is 0 Å². The first-order valence-electron chi connectivity index (χ1n) is 6.22. The molecule has 2 unspecified atom stereocenters. The van der Waals surface area contributed by atoms with Gasteiger partial charge >= 0.3 is 0 Å². The summed E-state index contributed by atoms with van der Waals surface area (Å²) in [5.41, 5.74) is 6.90. The Labute approximate surface area is 85.2 Å². The van der Waals surface area contributed by atoms with Crippen molar-refractivity contribution in [2.75, 3.05) is 0 Å². The SMILES string of the molecule is N[C@@H]1[C@H]2CC[C@H](C2)C12CC1CC[C@@H]2O1. The smallest absolute Gasteiger partial charge is 0.0654 e. The second-order valence-electron chi connectivity index (χ2n) is 5.94. The molecule has 2 nitrogen and oxygen atoms in total. The summed E-state index contributed by atoms with van der Waals surface area (Å²) in [6, 6.07) is 0.469. The van der Waals surface area contributed by atoms with Gasteiger partial charge in [-0.2, -0.15) is 0 Å². The minimum Gasteiger partial charge on any atom is -0.374 e. The topological polar surface area (TPSA) is 35.2 Å². The average molecular weight is 193 g/mol. The van der Waals surface area contributed by atoms with E-state index in [0.29, 0.717) is 23.7 Å². The van der Waals surface area contributed by atoms with Crippen LogP contribution in [0, 0.1) is 17.3 Å². The van der Waals surface area contributed by atoms with E-state index in [2.05, 4.69) is 0 Å². The third-order valence-electron chi connectivity index (χ3n) is 5.65. The fourth-order valence-corrected chi connectivity index (χ4v) is 5.10. The van der Waals surface area contributed by atoms with Gasteiger partial charge in [-0.3, -0.25) is 0 Å². The second-order valence-corrected chi connectivity index (χ2v) is 5.94. The molecule has 6 atom stereocenters. The zero-order chi connectivity index (χ0) is 9.34. The fraction of sp³-hybridized carbons (Fsp3) is 1.00. The molecule has 4 aliphatic rings. The Hall–Kier alpha value is -0.0800. The molecular formula is C12H19NO. The van der Waals surface area contributed by atoms with Crippen molar-refractivity contribution in [3.05, 3.63) is 0 Å². The van der Waals surface area contributed by atoms with Gasteiger partial charge in [-0.1, -0.05) is 0 Å². The van der Waals surface area contributed by atoms with Gasteiger partial charge in [-0.05, 0) is 50.4 Å². The maximum atomic E-state index is 6.47. The quantitative estimate of drug-likeness (QED) is 0.635. The summed E-state index contributed by atoms with van der Waals surface area (Å²) in [5, 5.41) is 0. The minimum absolute atomic E-state index is 0.436. The summed E-state index contributed by atoms with van der Waals surface area (Å²) < 4.78 is 6.05. The van der Waals surface area contributed by atoms with Crippen molar-refractivity contribution in [2.45, 2.75) is 56.8 Å². The number of hydrogen-bond acceptors (Lipinski definition) is 2. The maximum absolute atomic E-state index is 6.47. The fourth-order valence-electron chi connectivity index (χ4n) is 5.10. The average Bonchev–Trinajstić information content (AvgIpc) is 2.91. The van der Waals surface area contributed by atoms with Crippen molar-refractivity contribution in [1.82, 2.24) is 0 Å². The summed E-state index contributed by atoms with van der Waals surface area (Å²) in [4.78, 5) is 0. The van der Waals surface area contributed by atoms with E-state index >= 15 is 0 Å². The van der Waals surface area contributed by atoms with Gasteiger partial charge in [-0.15, -0.1) is 0 Å². The van der Waals surface area contributed by atoms with Crippen LogP contribution in [0.25, 0.3) is 0 Å². The molecule has 2 aliphatic heterocycles. The van der Waals surface area contributed by atoms with Gasteiger partial charge in [0.1, 0.15) is 0 Å². The van der Waals surface area contributed by atoms with Crippen molar-refractivity contribution in [2.24, 2.45) is 23.0 Å². The van der Waals surface area contributed by atoms with E-state index in [4.69, 9.17) is 10.5 Å². The molecule has 1 spiro atoms. The van der Waals surface area contributed by atoms with Crippen LogP contribution >= 0.6 is 0 Å². The number of nitrogens with two attached hydrogens (primary N) is 1. The van der Waals surface area contributed by atoms with Gasteiger partial charge < -0.3 is 10.5 Å². The Balaban J connectivity index is 1.76. The molecule has 4 fully saturated rings. The number of fused-ring (bicyclic) bond motifs is 6. The number of ether oxygens (including phenoxy) is 1. The third kappa shape index (κ3) is 0.704. The lowest BCUT2D eigenvalue weighted by Crippen LogP contribution is -2.51. The van der Waals surface area contributed by atoms with Gasteiger partial charge in [0.15, 0.2) is 0 Å². The van der Waals surface area contributed by atoms with E-state index in [9.17, 15) is 0 Å². The van der Waals surface area contributed by atoms with Crippen LogP contribution in [0.15, 0.2) is 0 Å². The van der Waals surface area contributed by atoms with Crippen molar-refractivity contribution < 1.29 is 4.74 Å². The highest BCUT2D eigenvalue weighted by Gasteiger charge is 2.65. The van der Waals surface area contributed by atoms with Crippen LogP contribution in [0.4, 0.5) is 0 Å². The van der Waals surface area contributed by atoms with E-state index in [0.717, 1.165) is 11.8 Å². The predicted octanol–water partition coefficient (Wildman–Crippen LogP) is 1.68. The van der Waals surface area contributed by atoms with Crippen LogP contribution in [0.5, 0.6) is 0 Å². The van der Waals surface area contributed by atoms with Crippen LogP contribution in [-0.4, -0.2) is 18.2 Å². The molecular weight excluding hydrogens is 174 g/mol. The Morgan fingerprint density at radius 2 is 2.07 bits per heavy atom. The van der Waals surface area contributed by atoms with E-state index in [1.54, 1.807) is 0 Å². The Kier molecular flexibility index (Phi) is 1.37. The number of hydrogen-bond donors (Lipinski definition) is 1. The zero-order valence-corrected chi connectivity index (χ0v) is 8.61. The molecule has 0 amide bonds. The highest BCUT2D eigenvalue weighted by atomic mass is 16.5. The van der Waals surface area contributed by atoms with Crippen LogP contribution in [0.3, 0.4) is 0 Å². The first-order valence-corrected chi connectivity index (χ1v) is 6.22. The van der Waals surface area contributed by atoms with Gasteiger partial charge in [-0.25, -0.2) is 0 Å². The normalized spacial score (nSPS) is 64.5. The lowest BCUT2D eigenvalue weighted by molar-refractivity contribution is 0.0185.